The van der Waals surface area contributed by atoms with E-state index < -0.39 is 0 Å². The maximum Gasteiger partial charge on any atom is 0.216 e. The number of hydrogen-bond acceptors (Lipinski definition) is 4. The maximum atomic E-state index is 13.8. The molecule has 26 heavy (non-hydrogen) atoms. The standard InChI is InChI=1S/C19H17FN4O2/c1-25-17-8-14-15(9-18(17)26-2)23(10-21-14)19-22-13-6-3-11(20)7-16(13)24(19)12-4-5-12/h3,6-10,12H,4-5H2,1-2H3. The number of nitrogens with zero attached hydrogens (tertiary/aromatic N) is 4. The number of rotatable bonds is 4. The number of imidazole rings is 2. The molecule has 0 unspecified atom stereocenters. The second-order valence-corrected chi connectivity index (χ2v) is 6.46. The van der Waals surface area contributed by atoms with Crippen molar-refractivity contribution in [2.45, 2.75) is 18.9 Å². The molecular weight excluding hydrogens is 335 g/mol. The SMILES string of the molecule is COc1cc2ncn(-c3nc4ccc(F)cc4n3C3CC3)c2cc1OC. The van der Waals surface area contributed by atoms with Crippen LogP contribution in [0.25, 0.3) is 28.0 Å². The van der Waals surface area contributed by atoms with Crippen LogP contribution in [0.5, 0.6) is 11.5 Å². The van der Waals surface area contributed by atoms with E-state index in [2.05, 4.69) is 9.55 Å². The van der Waals surface area contributed by atoms with Crippen molar-refractivity contribution in [3.8, 4) is 17.4 Å². The zero-order valence-corrected chi connectivity index (χ0v) is 14.4. The van der Waals surface area contributed by atoms with Crippen LogP contribution in [0.3, 0.4) is 0 Å². The Morgan fingerprint density at radius 1 is 1.00 bits per heavy atom. The van der Waals surface area contributed by atoms with Crippen LogP contribution in [0.2, 0.25) is 0 Å². The minimum absolute atomic E-state index is 0.257. The third kappa shape index (κ3) is 2.16. The summed E-state index contributed by atoms with van der Waals surface area (Å²) in [6.07, 6.45) is 3.87. The van der Waals surface area contributed by atoms with Gasteiger partial charge in [-0.3, -0.25) is 4.57 Å². The summed E-state index contributed by atoms with van der Waals surface area (Å²) in [6.45, 7) is 0. The van der Waals surface area contributed by atoms with Crippen molar-refractivity contribution < 1.29 is 13.9 Å². The lowest BCUT2D eigenvalue weighted by Crippen LogP contribution is -2.05. The normalized spacial score (nSPS) is 14.3. The van der Waals surface area contributed by atoms with Gasteiger partial charge in [-0.1, -0.05) is 0 Å². The highest BCUT2D eigenvalue weighted by atomic mass is 19.1. The highest BCUT2D eigenvalue weighted by Crippen LogP contribution is 2.41. The predicted octanol–water partition coefficient (Wildman–Crippen LogP) is 3.87. The van der Waals surface area contributed by atoms with Gasteiger partial charge in [0.25, 0.3) is 0 Å². The zero-order valence-electron chi connectivity index (χ0n) is 14.4. The molecule has 0 saturated heterocycles. The molecule has 7 heteroatoms. The lowest BCUT2D eigenvalue weighted by molar-refractivity contribution is 0.355. The number of halogens is 1. The number of aromatic nitrogens is 4. The number of hydrogen-bond donors (Lipinski definition) is 0. The Bertz CT molecular complexity index is 1140. The Balaban J connectivity index is 1.79. The van der Waals surface area contributed by atoms with E-state index in [9.17, 15) is 4.39 Å². The largest absolute Gasteiger partial charge is 0.493 e. The number of benzene rings is 2. The third-order valence-corrected chi connectivity index (χ3v) is 4.81. The summed E-state index contributed by atoms with van der Waals surface area (Å²) in [7, 11) is 3.20. The van der Waals surface area contributed by atoms with E-state index in [1.807, 2.05) is 16.7 Å². The van der Waals surface area contributed by atoms with Gasteiger partial charge in [0.2, 0.25) is 5.95 Å². The van der Waals surface area contributed by atoms with E-state index >= 15 is 0 Å². The van der Waals surface area contributed by atoms with Crippen LogP contribution < -0.4 is 9.47 Å². The summed E-state index contributed by atoms with van der Waals surface area (Å²) in [4.78, 5) is 9.24. The van der Waals surface area contributed by atoms with Gasteiger partial charge in [0.15, 0.2) is 11.5 Å². The van der Waals surface area contributed by atoms with Gasteiger partial charge in [-0.2, -0.15) is 0 Å². The van der Waals surface area contributed by atoms with Crippen molar-refractivity contribution in [2.75, 3.05) is 14.2 Å². The molecule has 2 aromatic heterocycles. The quantitative estimate of drug-likeness (QED) is 0.559. The molecule has 0 radical (unpaired) electrons. The molecule has 0 N–H and O–H groups in total. The van der Waals surface area contributed by atoms with Gasteiger partial charge < -0.3 is 14.0 Å². The van der Waals surface area contributed by atoms with Crippen molar-refractivity contribution in [1.29, 1.82) is 0 Å². The first kappa shape index (κ1) is 15.2. The van der Waals surface area contributed by atoms with Crippen LogP contribution in [0.4, 0.5) is 4.39 Å². The topological polar surface area (TPSA) is 54.1 Å². The average molecular weight is 352 g/mol. The summed E-state index contributed by atoms with van der Waals surface area (Å²) in [6, 6.07) is 8.78. The first-order valence-corrected chi connectivity index (χ1v) is 8.46. The van der Waals surface area contributed by atoms with Gasteiger partial charge in [-0.05, 0) is 31.0 Å². The first-order chi connectivity index (χ1) is 12.7. The molecule has 0 bridgehead atoms. The molecule has 2 aromatic carbocycles. The molecular formula is C19H17FN4O2. The van der Waals surface area contributed by atoms with Crippen molar-refractivity contribution in [1.82, 2.24) is 19.1 Å². The number of ether oxygens (including phenoxy) is 2. The fourth-order valence-electron chi connectivity index (χ4n) is 3.41. The molecule has 0 aliphatic heterocycles. The van der Waals surface area contributed by atoms with Crippen molar-refractivity contribution in [3.63, 3.8) is 0 Å². The maximum absolute atomic E-state index is 13.8. The Labute approximate surface area is 148 Å². The predicted molar refractivity (Wildman–Crippen MR) is 95.7 cm³/mol. The molecule has 0 amide bonds. The van der Waals surface area contributed by atoms with E-state index in [-0.39, 0.29) is 5.82 Å². The van der Waals surface area contributed by atoms with E-state index in [4.69, 9.17) is 14.5 Å². The van der Waals surface area contributed by atoms with Crippen LogP contribution in [-0.4, -0.2) is 33.3 Å². The van der Waals surface area contributed by atoms with Crippen molar-refractivity contribution in [2.24, 2.45) is 0 Å². The molecule has 0 spiro atoms. The fourth-order valence-corrected chi connectivity index (χ4v) is 3.41. The lowest BCUT2D eigenvalue weighted by Gasteiger charge is -2.11. The average Bonchev–Trinajstić information content (AvgIpc) is 3.30. The molecule has 132 valence electrons. The molecule has 0 atom stereocenters. The number of methoxy groups -OCH3 is 2. The van der Waals surface area contributed by atoms with E-state index in [1.165, 1.54) is 6.07 Å². The molecule has 2 heterocycles. The van der Waals surface area contributed by atoms with Crippen LogP contribution in [0, 0.1) is 5.82 Å². The van der Waals surface area contributed by atoms with E-state index in [0.29, 0.717) is 17.5 Å². The smallest absolute Gasteiger partial charge is 0.216 e. The van der Waals surface area contributed by atoms with Crippen LogP contribution in [-0.2, 0) is 0 Å². The van der Waals surface area contributed by atoms with Crippen LogP contribution in [0.15, 0.2) is 36.7 Å². The number of fused-ring (bicyclic) bond motifs is 2. The Morgan fingerprint density at radius 3 is 2.50 bits per heavy atom. The summed E-state index contributed by atoms with van der Waals surface area (Å²) < 4.78 is 28.6. The summed E-state index contributed by atoms with van der Waals surface area (Å²) in [5, 5.41) is 0. The monoisotopic (exact) mass is 352 g/mol. The fraction of sp³-hybridized carbons (Fsp3) is 0.263. The highest BCUT2D eigenvalue weighted by Gasteiger charge is 2.29. The summed E-state index contributed by atoms with van der Waals surface area (Å²) >= 11 is 0. The molecule has 1 aliphatic rings. The summed E-state index contributed by atoms with van der Waals surface area (Å²) in [5.74, 6) is 1.74. The van der Waals surface area contributed by atoms with Gasteiger partial charge in [-0.15, -0.1) is 0 Å². The van der Waals surface area contributed by atoms with Gasteiger partial charge in [0, 0.05) is 18.2 Å². The van der Waals surface area contributed by atoms with Gasteiger partial charge in [0.05, 0.1) is 36.3 Å². The Kier molecular flexibility index (Phi) is 3.19. The van der Waals surface area contributed by atoms with E-state index in [0.717, 1.165) is 40.9 Å². The molecule has 1 aliphatic carbocycles. The molecule has 4 aromatic rings. The van der Waals surface area contributed by atoms with Gasteiger partial charge >= 0.3 is 0 Å². The minimum atomic E-state index is -0.257. The molecule has 1 fully saturated rings. The Morgan fingerprint density at radius 2 is 1.77 bits per heavy atom. The van der Waals surface area contributed by atoms with Crippen molar-refractivity contribution in [3.05, 3.63) is 42.5 Å². The van der Waals surface area contributed by atoms with E-state index in [1.54, 1.807) is 32.7 Å². The minimum Gasteiger partial charge on any atom is -0.493 e. The van der Waals surface area contributed by atoms with Gasteiger partial charge in [-0.25, -0.2) is 14.4 Å². The zero-order chi connectivity index (χ0) is 17.8. The second-order valence-electron chi connectivity index (χ2n) is 6.46. The van der Waals surface area contributed by atoms with Crippen LogP contribution in [0.1, 0.15) is 18.9 Å². The molecule has 6 nitrogen and oxygen atoms in total. The van der Waals surface area contributed by atoms with Gasteiger partial charge in [0.1, 0.15) is 12.1 Å². The second kappa shape index (κ2) is 5.45. The van der Waals surface area contributed by atoms with Crippen LogP contribution >= 0.6 is 0 Å². The first-order valence-electron chi connectivity index (χ1n) is 8.46. The lowest BCUT2D eigenvalue weighted by atomic mass is 10.2. The highest BCUT2D eigenvalue weighted by molar-refractivity contribution is 5.83. The van der Waals surface area contributed by atoms with Crippen molar-refractivity contribution >= 4 is 22.1 Å². The Hall–Kier alpha value is -3.09. The third-order valence-electron chi connectivity index (χ3n) is 4.81. The molecule has 5 rings (SSSR count). The summed E-state index contributed by atoms with van der Waals surface area (Å²) in [5.41, 5.74) is 3.23. The molecule has 1 saturated carbocycles.